The van der Waals surface area contributed by atoms with Crippen molar-refractivity contribution in [3.63, 3.8) is 0 Å². The van der Waals surface area contributed by atoms with Crippen LogP contribution < -0.4 is 4.90 Å². The first-order valence-electron chi connectivity index (χ1n) is 6.44. The lowest BCUT2D eigenvalue weighted by atomic mass is 10.0. The molecule has 0 fully saturated rings. The van der Waals surface area contributed by atoms with Gasteiger partial charge in [0, 0.05) is 26.8 Å². The zero-order chi connectivity index (χ0) is 15.0. The number of carbonyl (C=O) groups excluding carboxylic acids is 1. The van der Waals surface area contributed by atoms with Crippen LogP contribution in [0.3, 0.4) is 0 Å². The lowest BCUT2D eigenvalue weighted by molar-refractivity contribution is -0.116. The standard InChI is InChI=1S/C16H12ClIN2O/c1-20-14-7-6-10(17)8-12(14)16(19-9-15(20)21)11-4-2-3-5-13(11)18/h2-8H,9H2,1H3. The van der Waals surface area contributed by atoms with Gasteiger partial charge in [0.25, 0.3) is 0 Å². The third-order valence-corrected chi connectivity index (χ3v) is 4.63. The predicted octanol–water partition coefficient (Wildman–Crippen LogP) is 3.76. The Kier molecular flexibility index (Phi) is 3.99. The lowest BCUT2D eigenvalue weighted by Gasteiger charge is -2.18. The second-order valence-corrected chi connectivity index (χ2v) is 6.36. The number of likely N-dealkylation sites (N-methyl/N-ethyl adjacent to an activating group) is 1. The fraction of sp³-hybridized carbons (Fsp3) is 0.125. The maximum Gasteiger partial charge on any atom is 0.248 e. The van der Waals surface area contributed by atoms with Crippen molar-refractivity contribution in [2.24, 2.45) is 4.99 Å². The van der Waals surface area contributed by atoms with Crippen molar-refractivity contribution < 1.29 is 4.79 Å². The van der Waals surface area contributed by atoms with Crippen molar-refractivity contribution in [1.29, 1.82) is 0 Å². The molecule has 0 N–H and O–H groups in total. The average Bonchev–Trinajstić information content (AvgIpc) is 2.59. The Morgan fingerprint density at radius 2 is 1.95 bits per heavy atom. The van der Waals surface area contributed by atoms with Gasteiger partial charge >= 0.3 is 0 Å². The molecular weight excluding hydrogens is 399 g/mol. The van der Waals surface area contributed by atoms with E-state index in [2.05, 4.69) is 27.6 Å². The van der Waals surface area contributed by atoms with E-state index in [0.29, 0.717) is 5.02 Å². The number of anilines is 1. The molecule has 0 saturated heterocycles. The highest BCUT2D eigenvalue weighted by Crippen LogP contribution is 2.29. The first-order chi connectivity index (χ1) is 10.1. The summed E-state index contributed by atoms with van der Waals surface area (Å²) < 4.78 is 1.09. The van der Waals surface area contributed by atoms with Crippen LogP contribution in [0.25, 0.3) is 0 Å². The Bertz CT molecular complexity index is 758. The summed E-state index contributed by atoms with van der Waals surface area (Å²) in [5, 5.41) is 0.634. The van der Waals surface area contributed by atoms with Crippen molar-refractivity contribution >= 4 is 51.5 Å². The summed E-state index contributed by atoms with van der Waals surface area (Å²) >= 11 is 8.43. The topological polar surface area (TPSA) is 32.7 Å². The van der Waals surface area contributed by atoms with Gasteiger partial charge in [0.1, 0.15) is 6.54 Å². The second-order valence-electron chi connectivity index (χ2n) is 4.76. The van der Waals surface area contributed by atoms with E-state index in [9.17, 15) is 4.79 Å². The van der Waals surface area contributed by atoms with Gasteiger partial charge in [-0.05, 0) is 46.9 Å². The van der Waals surface area contributed by atoms with Gasteiger partial charge < -0.3 is 4.90 Å². The summed E-state index contributed by atoms with van der Waals surface area (Å²) in [5.41, 5.74) is 3.56. The highest BCUT2D eigenvalue weighted by atomic mass is 127. The number of fused-ring (bicyclic) bond motifs is 1. The van der Waals surface area contributed by atoms with Crippen molar-refractivity contribution in [1.82, 2.24) is 0 Å². The molecule has 5 heteroatoms. The van der Waals surface area contributed by atoms with E-state index >= 15 is 0 Å². The van der Waals surface area contributed by atoms with Gasteiger partial charge in [-0.2, -0.15) is 0 Å². The zero-order valence-electron chi connectivity index (χ0n) is 11.3. The molecular formula is C16H12ClIN2O. The summed E-state index contributed by atoms with van der Waals surface area (Å²) in [4.78, 5) is 18.3. The molecule has 1 aliphatic heterocycles. The molecule has 21 heavy (non-hydrogen) atoms. The third-order valence-electron chi connectivity index (χ3n) is 3.45. The van der Waals surface area contributed by atoms with E-state index in [1.807, 2.05) is 36.4 Å². The van der Waals surface area contributed by atoms with E-state index in [4.69, 9.17) is 11.6 Å². The molecule has 3 nitrogen and oxygen atoms in total. The lowest BCUT2D eigenvalue weighted by Crippen LogP contribution is -2.27. The van der Waals surface area contributed by atoms with Crippen LogP contribution >= 0.6 is 34.2 Å². The van der Waals surface area contributed by atoms with Crippen LogP contribution in [0, 0.1) is 3.57 Å². The number of benzene rings is 2. The number of nitrogens with zero attached hydrogens (tertiary/aromatic N) is 2. The molecule has 1 heterocycles. The van der Waals surface area contributed by atoms with Gasteiger partial charge in [0.05, 0.1) is 11.4 Å². The first-order valence-corrected chi connectivity index (χ1v) is 7.89. The average molecular weight is 411 g/mol. The molecule has 0 spiro atoms. The Labute approximate surface area is 141 Å². The Hall–Kier alpha value is -1.40. The third kappa shape index (κ3) is 2.70. The SMILES string of the molecule is CN1C(=O)CN=C(c2ccccc2I)c2cc(Cl)ccc21. The minimum absolute atomic E-state index is 0.0282. The summed E-state index contributed by atoms with van der Waals surface area (Å²) in [7, 11) is 1.77. The van der Waals surface area contributed by atoms with Crippen molar-refractivity contribution in [2.45, 2.75) is 0 Å². The van der Waals surface area contributed by atoms with Gasteiger partial charge in [-0.3, -0.25) is 9.79 Å². The zero-order valence-corrected chi connectivity index (χ0v) is 14.2. The smallest absolute Gasteiger partial charge is 0.248 e. The first kappa shape index (κ1) is 14.5. The van der Waals surface area contributed by atoms with Crippen LogP contribution in [0.15, 0.2) is 47.5 Å². The molecule has 0 saturated carbocycles. The Morgan fingerprint density at radius 3 is 2.71 bits per heavy atom. The van der Waals surface area contributed by atoms with Crippen LogP contribution in [0.5, 0.6) is 0 Å². The van der Waals surface area contributed by atoms with Crippen LogP contribution in [-0.4, -0.2) is 25.2 Å². The number of benzodiazepines with no additional fused rings is 1. The number of amides is 1. The van der Waals surface area contributed by atoms with E-state index in [1.54, 1.807) is 18.0 Å². The van der Waals surface area contributed by atoms with Crippen LogP contribution in [0.4, 0.5) is 5.69 Å². The molecule has 0 radical (unpaired) electrons. The number of halogens is 2. The largest absolute Gasteiger partial charge is 0.313 e. The number of hydrogen-bond acceptors (Lipinski definition) is 2. The van der Waals surface area contributed by atoms with Crippen LogP contribution in [0.2, 0.25) is 5.02 Å². The normalized spacial score (nSPS) is 14.5. The quantitative estimate of drug-likeness (QED) is 0.659. The van der Waals surface area contributed by atoms with E-state index in [1.165, 1.54) is 0 Å². The molecule has 2 aromatic carbocycles. The number of rotatable bonds is 1. The Balaban J connectivity index is 2.26. The number of hydrogen-bond donors (Lipinski definition) is 0. The van der Waals surface area contributed by atoms with Gasteiger partial charge in [0.2, 0.25) is 5.91 Å². The summed E-state index contributed by atoms with van der Waals surface area (Å²) in [6.45, 7) is 0.142. The van der Waals surface area contributed by atoms with Crippen molar-refractivity contribution in [2.75, 3.05) is 18.5 Å². The van der Waals surface area contributed by atoms with Crippen LogP contribution in [-0.2, 0) is 4.79 Å². The highest BCUT2D eigenvalue weighted by molar-refractivity contribution is 14.1. The van der Waals surface area contributed by atoms with E-state index < -0.39 is 0 Å². The summed E-state index contributed by atoms with van der Waals surface area (Å²) in [6, 6.07) is 13.5. The maximum absolute atomic E-state index is 12.1. The molecule has 0 aromatic heterocycles. The monoisotopic (exact) mass is 410 g/mol. The minimum Gasteiger partial charge on any atom is -0.313 e. The van der Waals surface area contributed by atoms with Gasteiger partial charge in [-0.15, -0.1) is 0 Å². The van der Waals surface area contributed by atoms with Gasteiger partial charge in [-0.1, -0.05) is 29.8 Å². The predicted molar refractivity (Wildman–Crippen MR) is 94.5 cm³/mol. The molecule has 3 rings (SSSR count). The fourth-order valence-corrected chi connectivity index (χ4v) is 3.16. The molecule has 2 aromatic rings. The fourth-order valence-electron chi connectivity index (χ4n) is 2.35. The summed E-state index contributed by atoms with van der Waals surface area (Å²) in [6.07, 6.45) is 0. The van der Waals surface area contributed by atoms with Gasteiger partial charge in [0.15, 0.2) is 0 Å². The molecule has 0 bridgehead atoms. The maximum atomic E-state index is 12.1. The highest BCUT2D eigenvalue weighted by Gasteiger charge is 2.23. The molecule has 0 aliphatic carbocycles. The minimum atomic E-state index is -0.0282. The van der Waals surface area contributed by atoms with E-state index in [0.717, 1.165) is 26.1 Å². The molecule has 1 amide bonds. The summed E-state index contributed by atoms with van der Waals surface area (Å²) in [5.74, 6) is -0.0282. The second kappa shape index (κ2) is 5.77. The molecule has 106 valence electrons. The Morgan fingerprint density at radius 1 is 1.19 bits per heavy atom. The van der Waals surface area contributed by atoms with E-state index in [-0.39, 0.29) is 12.5 Å². The van der Waals surface area contributed by atoms with Crippen molar-refractivity contribution in [3.8, 4) is 0 Å². The molecule has 0 atom stereocenters. The molecule has 0 unspecified atom stereocenters. The molecule has 1 aliphatic rings. The van der Waals surface area contributed by atoms with Gasteiger partial charge in [-0.25, -0.2) is 0 Å². The van der Waals surface area contributed by atoms with Crippen molar-refractivity contribution in [3.05, 3.63) is 62.2 Å². The van der Waals surface area contributed by atoms with Crippen LogP contribution in [0.1, 0.15) is 11.1 Å². The number of aliphatic imine (C=N–C) groups is 1. The number of carbonyl (C=O) groups is 1.